The third kappa shape index (κ3) is 4.55. The van der Waals surface area contributed by atoms with Crippen LogP contribution in [0.4, 0.5) is 0 Å². The zero-order chi connectivity index (χ0) is 23.6. The van der Waals surface area contributed by atoms with Gasteiger partial charge in [-0.25, -0.2) is 13.2 Å². The zero-order valence-electron chi connectivity index (χ0n) is 18.1. The topological polar surface area (TPSA) is 90.0 Å². The number of carbonyl (C=O) groups excluding carboxylic acids is 2. The first-order valence-electron chi connectivity index (χ1n) is 10.4. The number of benzene rings is 3. The minimum absolute atomic E-state index is 0.0129. The summed E-state index contributed by atoms with van der Waals surface area (Å²) in [6.07, 6.45) is -1.10. The van der Waals surface area contributed by atoms with Crippen LogP contribution in [-0.4, -0.2) is 43.8 Å². The van der Waals surface area contributed by atoms with Crippen LogP contribution in [0.1, 0.15) is 22.8 Å². The molecule has 0 saturated carbocycles. The summed E-state index contributed by atoms with van der Waals surface area (Å²) in [7, 11) is -5.37. The van der Waals surface area contributed by atoms with Gasteiger partial charge in [-0.2, -0.15) is 4.22 Å². The van der Waals surface area contributed by atoms with E-state index in [1.807, 2.05) is 6.92 Å². The van der Waals surface area contributed by atoms with Gasteiger partial charge in [0, 0.05) is 0 Å². The molecule has 168 valence electrons. The molecule has 3 aromatic rings. The van der Waals surface area contributed by atoms with Crippen molar-refractivity contribution in [2.24, 2.45) is 0 Å². The number of carbonyl (C=O) groups is 2. The van der Waals surface area contributed by atoms with Gasteiger partial charge in [-0.3, -0.25) is 4.79 Å². The maximum absolute atomic E-state index is 13.7. The molecule has 1 heterocycles. The van der Waals surface area contributed by atoms with E-state index in [9.17, 15) is 18.0 Å². The molecule has 0 aliphatic carbocycles. The van der Waals surface area contributed by atoms with Crippen LogP contribution >= 0.6 is 0 Å². The second-order valence-electron chi connectivity index (χ2n) is 7.77. The third-order valence-electron chi connectivity index (χ3n) is 5.40. The Hall–Kier alpha value is -3.43. The third-order valence-corrected chi connectivity index (χ3v) is 7.24. The first kappa shape index (κ1) is 22.8. The Morgan fingerprint density at radius 2 is 1.55 bits per heavy atom. The number of aryl methyl sites for hydroxylation is 1. The molecule has 0 bridgehead atoms. The molecule has 1 saturated heterocycles. The molecule has 0 amide bonds. The summed E-state index contributed by atoms with van der Waals surface area (Å²) in [6.45, 7) is 3.33. The highest BCUT2D eigenvalue weighted by Gasteiger charge is 2.56. The molecule has 2 atom stereocenters. The van der Waals surface area contributed by atoms with E-state index in [-0.39, 0.29) is 4.90 Å². The molecule has 7 nitrogen and oxygen atoms in total. The lowest BCUT2D eigenvalue weighted by molar-refractivity contribution is -0.136. The lowest BCUT2D eigenvalue weighted by Crippen LogP contribution is -2.54. The highest BCUT2D eigenvalue weighted by molar-refractivity contribution is 7.90. The predicted molar refractivity (Wildman–Crippen MR) is 123 cm³/mol. The standard InChI is InChI=1S/C24H22BNO6S/c1-17-13-15-21(16-14-17)33(29,30)26-22(18(2)31-23(27)19-9-5-3-6-10-19)24(28)32-25(26)20-11-7-4-8-12-20/h3-16,18,22H,1-2H3/t18-,22-/m0/s1. The van der Waals surface area contributed by atoms with Crippen LogP contribution in [0.3, 0.4) is 0 Å². The van der Waals surface area contributed by atoms with E-state index in [2.05, 4.69) is 0 Å². The molecule has 1 aliphatic rings. The molecule has 3 aromatic carbocycles. The highest BCUT2D eigenvalue weighted by atomic mass is 32.2. The Bertz CT molecular complexity index is 1250. The molecule has 1 aliphatic heterocycles. The summed E-state index contributed by atoms with van der Waals surface area (Å²) in [4.78, 5) is 25.5. The van der Waals surface area contributed by atoms with Gasteiger partial charge in [0.2, 0.25) is 10.0 Å². The number of esters is 1. The number of hydrogen-bond acceptors (Lipinski definition) is 6. The fourth-order valence-electron chi connectivity index (χ4n) is 3.70. The molecule has 4 rings (SSSR count). The average Bonchev–Trinajstić information content (AvgIpc) is 3.18. The highest BCUT2D eigenvalue weighted by Crippen LogP contribution is 2.29. The first-order chi connectivity index (χ1) is 15.8. The summed E-state index contributed by atoms with van der Waals surface area (Å²) >= 11 is 0. The van der Waals surface area contributed by atoms with Crippen molar-refractivity contribution in [3.05, 3.63) is 96.1 Å². The molecule has 33 heavy (non-hydrogen) atoms. The molecule has 0 radical (unpaired) electrons. The Labute approximate surface area is 193 Å². The van der Waals surface area contributed by atoms with Crippen LogP contribution in [0.15, 0.2) is 89.8 Å². The van der Waals surface area contributed by atoms with E-state index in [0.717, 1.165) is 9.78 Å². The summed E-state index contributed by atoms with van der Waals surface area (Å²) in [5.74, 6) is -1.44. The van der Waals surface area contributed by atoms with Gasteiger partial charge in [0.1, 0.15) is 6.10 Å². The van der Waals surface area contributed by atoms with Crippen LogP contribution in [-0.2, 0) is 24.2 Å². The van der Waals surface area contributed by atoms with Crippen molar-refractivity contribution in [2.45, 2.75) is 30.9 Å². The monoisotopic (exact) mass is 463 g/mol. The van der Waals surface area contributed by atoms with Gasteiger partial charge in [0.15, 0.2) is 6.04 Å². The van der Waals surface area contributed by atoms with Gasteiger partial charge in [-0.05, 0) is 43.6 Å². The van der Waals surface area contributed by atoms with E-state index >= 15 is 0 Å². The van der Waals surface area contributed by atoms with Crippen molar-refractivity contribution in [1.82, 2.24) is 4.22 Å². The number of rotatable bonds is 6. The molecule has 0 unspecified atom stereocenters. The van der Waals surface area contributed by atoms with Gasteiger partial charge in [-0.1, -0.05) is 66.2 Å². The second-order valence-corrected chi connectivity index (χ2v) is 9.61. The molecule has 0 N–H and O–H groups in total. The van der Waals surface area contributed by atoms with Crippen molar-refractivity contribution in [3.63, 3.8) is 0 Å². The van der Waals surface area contributed by atoms with E-state index in [0.29, 0.717) is 11.0 Å². The van der Waals surface area contributed by atoms with Gasteiger partial charge >= 0.3 is 19.0 Å². The van der Waals surface area contributed by atoms with E-state index < -0.39 is 41.2 Å². The maximum atomic E-state index is 13.7. The molecular formula is C24H22BNO6S. The van der Waals surface area contributed by atoms with Crippen molar-refractivity contribution in [1.29, 1.82) is 0 Å². The summed E-state index contributed by atoms with van der Waals surface area (Å²) in [5.41, 5.74) is 1.68. The van der Waals surface area contributed by atoms with Crippen LogP contribution < -0.4 is 5.46 Å². The van der Waals surface area contributed by atoms with E-state index in [1.54, 1.807) is 72.8 Å². The summed E-state index contributed by atoms with van der Waals surface area (Å²) < 4.78 is 39.4. The van der Waals surface area contributed by atoms with Gasteiger partial charge < -0.3 is 9.39 Å². The minimum atomic E-state index is -4.18. The van der Waals surface area contributed by atoms with Gasteiger partial charge in [0.05, 0.1) is 10.5 Å². The van der Waals surface area contributed by atoms with E-state index in [1.165, 1.54) is 19.1 Å². The molecule has 1 fully saturated rings. The van der Waals surface area contributed by atoms with E-state index in [4.69, 9.17) is 9.39 Å². The smallest absolute Gasteiger partial charge is 0.502 e. The number of nitrogens with zero attached hydrogens (tertiary/aromatic N) is 1. The van der Waals surface area contributed by atoms with Crippen LogP contribution in [0.5, 0.6) is 0 Å². The SMILES string of the molecule is Cc1ccc(S(=O)(=O)N2B(c3ccccc3)OC(=O)[C@@H]2[C@H](C)OC(=O)c2ccccc2)cc1. The second kappa shape index (κ2) is 9.21. The fraction of sp³-hybridized carbons (Fsp3) is 0.167. The Kier molecular flexibility index (Phi) is 6.35. The molecule has 9 heteroatoms. The minimum Gasteiger partial charge on any atom is -0.514 e. The number of ether oxygens (including phenoxy) is 1. The van der Waals surface area contributed by atoms with Crippen LogP contribution in [0.25, 0.3) is 0 Å². The van der Waals surface area contributed by atoms with Crippen molar-refractivity contribution in [2.75, 3.05) is 0 Å². The van der Waals surface area contributed by atoms with Crippen molar-refractivity contribution < 1.29 is 27.4 Å². The van der Waals surface area contributed by atoms with Gasteiger partial charge in [-0.15, -0.1) is 0 Å². The summed E-state index contributed by atoms with van der Waals surface area (Å²) in [6, 6.07) is 21.8. The Morgan fingerprint density at radius 3 is 2.15 bits per heavy atom. The van der Waals surface area contributed by atoms with Crippen molar-refractivity contribution in [3.8, 4) is 0 Å². The first-order valence-corrected chi connectivity index (χ1v) is 11.8. The maximum Gasteiger partial charge on any atom is 0.502 e. The number of hydrogen-bond donors (Lipinski definition) is 0. The predicted octanol–water partition coefficient (Wildman–Crippen LogP) is 2.55. The number of sulfonamides is 1. The molecule has 0 spiro atoms. The normalized spacial score (nSPS) is 17.5. The lowest BCUT2D eigenvalue weighted by Gasteiger charge is -2.27. The fourth-order valence-corrected chi connectivity index (χ4v) is 5.39. The lowest BCUT2D eigenvalue weighted by atomic mass is 9.74. The Morgan fingerprint density at radius 1 is 0.970 bits per heavy atom. The van der Waals surface area contributed by atoms with Crippen molar-refractivity contribution >= 4 is 34.5 Å². The largest absolute Gasteiger partial charge is 0.514 e. The molecular weight excluding hydrogens is 441 g/mol. The van der Waals surface area contributed by atoms with Crippen LogP contribution in [0.2, 0.25) is 0 Å². The quantitative estimate of drug-likeness (QED) is 0.413. The van der Waals surface area contributed by atoms with Crippen LogP contribution in [0, 0.1) is 6.92 Å². The Balaban J connectivity index is 1.73. The molecule has 0 aromatic heterocycles. The van der Waals surface area contributed by atoms with Gasteiger partial charge in [0.25, 0.3) is 0 Å². The average molecular weight is 463 g/mol. The summed E-state index contributed by atoms with van der Waals surface area (Å²) in [5, 5.41) is 0. The zero-order valence-corrected chi connectivity index (χ0v) is 18.9.